The summed E-state index contributed by atoms with van der Waals surface area (Å²) in [6.45, 7) is 8.83. The Bertz CT molecular complexity index is 1010. The lowest BCUT2D eigenvalue weighted by Gasteiger charge is -2.30. The van der Waals surface area contributed by atoms with Crippen LogP contribution in [0.4, 0.5) is 5.82 Å². The maximum atomic E-state index is 5.87. The van der Waals surface area contributed by atoms with Gasteiger partial charge in [0.05, 0.1) is 5.39 Å². The lowest BCUT2D eigenvalue weighted by atomic mass is 10.1. The minimum absolute atomic E-state index is 0.444. The second kappa shape index (κ2) is 9.01. The molecule has 3 aromatic heterocycles. The van der Waals surface area contributed by atoms with Gasteiger partial charge in [-0.25, -0.2) is 9.97 Å². The van der Waals surface area contributed by atoms with E-state index in [2.05, 4.69) is 39.0 Å². The van der Waals surface area contributed by atoms with Crippen molar-refractivity contribution >= 4 is 16.9 Å². The van der Waals surface area contributed by atoms with E-state index in [1.807, 2.05) is 19.1 Å². The van der Waals surface area contributed by atoms with E-state index >= 15 is 0 Å². The number of furan rings is 1. The van der Waals surface area contributed by atoms with Gasteiger partial charge in [0.15, 0.2) is 11.6 Å². The maximum Gasteiger partial charge on any atom is 0.199 e. The Balaban J connectivity index is 1.42. The van der Waals surface area contributed by atoms with Crippen molar-refractivity contribution in [2.24, 2.45) is 0 Å². The third kappa shape index (κ3) is 4.62. The summed E-state index contributed by atoms with van der Waals surface area (Å²) in [7, 11) is 2.19. The highest BCUT2D eigenvalue weighted by atomic mass is 16.3. The molecule has 0 aromatic carbocycles. The second-order valence-corrected chi connectivity index (χ2v) is 9.18. The van der Waals surface area contributed by atoms with E-state index in [1.165, 1.54) is 25.9 Å². The SMILES string of the molecule is Cc1ccc(-c2nc(NC3CCN(C)CC3)c3ccn(CCCN4CCCC4)c3n2)o1. The van der Waals surface area contributed by atoms with Gasteiger partial charge in [-0.1, -0.05) is 0 Å². The first kappa shape index (κ1) is 20.5. The highest BCUT2D eigenvalue weighted by molar-refractivity contribution is 5.89. The Morgan fingerprint density at radius 3 is 2.58 bits per heavy atom. The number of nitrogens with zero attached hydrogens (tertiary/aromatic N) is 5. The fourth-order valence-electron chi connectivity index (χ4n) is 4.84. The fraction of sp³-hybridized carbons (Fsp3) is 0.583. The molecule has 2 saturated heterocycles. The Morgan fingerprint density at radius 2 is 1.84 bits per heavy atom. The summed E-state index contributed by atoms with van der Waals surface area (Å²) < 4.78 is 8.15. The third-order valence-electron chi connectivity index (χ3n) is 6.71. The number of piperidine rings is 1. The molecule has 7 heteroatoms. The molecular weight excluding hydrogens is 388 g/mol. The molecule has 2 aliphatic heterocycles. The standard InChI is InChI=1S/C24H34N6O/c1-18-6-7-21(31-18)23-26-22(25-19-8-15-28(2)16-9-19)20-10-17-30(24(20)27-23)14-5-13-29-11-3-4-12-29/h6-7,10,17,19H,3-5,8-9,11-16H2,1-2H3,(H,25,26,27). The van der Waals surface area contributed by atoms with Crippen LogP contribution in [-0.2, 0) is 6.54 Å². The Kier molecular flexibility index (Phi) is 5.96. The number of anilines is 1. The van der Waals surface area contributed by atoms with E-state index in [0.29, 0.717) is 11.9 Å². The molecule has 3 aromatic rings. The van der Waals surface area contributed by atoms with Gasteiger partial charge in [-0.15, -0.1) is 0 Å². The van der Waals surface area contributed by atoms with Gasteiger partial charge in [0.2, 0.25) is 0 Å². The lowest BCUT2D eigenvalue weighted by Crippen LogP contribution is -2.36. The smallest absolute Gasteiger partial charge is 0.199 e. The second-order valence-electron chi connectivity index (χ2n) is 9.18. The van der Waals surface area contributed by atoms with Gasteiger partial charge < -0.3 is 24.1 Å². The Labute approximate surface area is 184 Å². The fourth-order valence-corrected chi connectivity index (χ4v) is 4.84. The predicted octanol–water partition coefficient (Wildman–Crippen LogP) is 3.99. The van der Waals surface area contributed by atoms with Crippen molar-refractivity contribution in [3.05, 3.63) is 30.2 Å². The van der Waals surface area contributed by atoms with E-state index in [9.17, 15) is 0 Å². The van der Waals surface area contributed by atoms with Crippen LogP contribution in [0.1, 0.15) is 37.9 Å². The molecule has 0 aliphatic carbocycles. The van der Waals surface area contributed by atoms with Crippen molar-refractivity contribution in [2.45, 2.75) is 51.6 Å². The molecule has 1 N–H and O–H groups in total. The van der Waals surface area contributed by atoms with Crippen LogP contribution in [0.2, 0.25) is 0 Å². The lowest BCUT2D eigenvalue weighted by molar-refractivity contribution is 0.264. The van der Waals surface area contributed by atoms with Gasteiger partial charge in [-0.05, 0) is 97.0 Å². The van der Waals surface area contributed by atoms with E-state index in [4.69, 9.17) is 14.4 Å². The van der Waals surface area contributed by atoms with E-state index in [0.717, 1.165) is 73.8 Å². The molecule has 0 unspecified atom stereocenters. The van der Waals surface area contributed by atoms with Crippen molar-refractivity contribution in [1.29, 1.82) is 0 Å². The van der Waals surface area contributed by atoms with Crippen LogP contribution in [0.25, 0.3) is 22.6 Å². The Hall–Kier alpha value is -2.38. The van der Waals surface area contributed by atoms with Crippen molar-refractivity contribution in [2.75, 3.05) is 45.1 Å². The molecule has 0 spiro atoms. The van der Waals surface area contributed by atoms with Gasteiger partial charge in [0, 0.05) is 18.8 Å². The van der Waals surface area contributed by atoms with Crippen molar-refractivity contribution in [3.8, 4) is 11.6 Å². The Morgan fingerprint density at radius 1 is 1.03 bits per heavy atom. The monoisotopic (exact) mass is 422 g/mol. The van der Waals surface area contributed by atoms with Crippen molar-refractivity contribution < 1.29 is 4.42 Å². The van der Waals surface area contributed by atoms with Gasteiger partial charge in [-0.3, -0.25) is 0 Å². The van der Waals surface area contributed by atoms with Crippen molar-refractivity contribution in [1.82, 2.24) is 24.3 Å². The normalized spacial score (nSPS) is 18.9. The van der Waals surface area contributed by atoms with E-state index in [-0.39, 0.29) is 0 Å². The molecule has 0 amide bonds. The topological polar surface area (TPSA) is 62.4 Å². The molecule has 5 heterocycles. The largest absolute Gasteiger partial charge is 0.458 e. The first-order chi connectivity index (χ1) is 15.2. The predicted molar refractivity (Wildman–Crippen MR) is 124 cm³/mol. The van der Waals surface area contributed by atoms with Gasteiger partial charge >= 0.3 is 0 Å². The van der Waals surface area contributed by atoms with Crippen LogP contribution in [0.15, 0.2) is 28.8 Å². The van der Waals surface area contributed by atoms with Gasteiger partial charge in [0.25, 0.3) is 0 Å². The molecule has 2 fully saturated rings. The molecule has 5 rings (SSSR count). The summed E-state index contributed by atoms with van der Waals surface area (Å²) >= 11 is 0. The number of likely N-dealkylation sites (tertiary alicyclic amines) is 2. The average molecular weight is 423 g/mol. The molecule has 7 nitrogen and oxygen atoms in total. The van der Waals surface area contributed by atoms with Crippen LogP contribution in [0.3, 0.4) is 0 Å². The first-order valence-electron chi connectivity index (χ1n) is 11.8. The molecule has 0 saturated carbocycles. The van der Waals surface area contributed by atoms with E-state index < -0.39 is 0 Å². The molecule has 0 bridgehead atoms. The summed E-state index contributed by atoms with van der Waals surface area (Å²) in [6.07, 6.45) is 8.26. The number of aryl methyl sites for hydroxylation is 2. The number of aromatic nitrogens is 3. The minimum Gasteiger partial charge on any atom is -0.458 e. The summed E-state index contributed by atoms with van der Waals surface area (Å²) in [4.78, 5) is 14.8. The number of hydrogen-bond donors (Lipinski definition) is 1. The number of rotatable bonds is 7. The molecule has 2 aliphatic rings. The van der Waals surface area contributed by atoms with Crippen LogP contribution < -0.4 is 5.32 Å². The molecule has 166 valence electrons. The summed E-state index contributed by atoms with van der Waals surface area (Å²) in [5.74, 6) is 3.21. The zero-order chi connectivity index (χ0) is 21.2. The zero-order valence-corrected chi connectivity index (χ0v) is 18.8. The van der Waals surface area contributed by atoms with E-state index in [1.54, 1.807) is 0 Å². The number of nitrogens with one attached hydrogen (secondary N) is 1. The van der Waals surface area contributed by atoms with Crippen LogP contribution in [-0.4, -0.2) is 70.1 Å². The third-order valence-corrected chi connectivity index (χ3v) is 6.71. The highest BCUT2D eigenvalue weighted by Crippen LogP contribution is 2.28. The summed E-state index contributed by atoms with van der Waals surface area (Å²) in [6, 6.07) is 6.55. The molecular formula is C24H34N6O. The zero-order valence-electron chi connectivity index (χ0n) is 18.8. The van der Waals surface area contributed by atoms with Crippen LogP contribution >= 0.6 is 0 Å². The van der Waals surface area contributed by atoms with Crippen LogP contribution in [0, 0.1) is 6.92 Å². The maximum absolute atomic E-state index is 5.87. The molecule has 0 radical (unpaired) electrons. The number of fused-ring (bicyclic) bond motifs is 1. The van der Waals surface area contributed by atoms with Crippen molar-refractivity contribution in [3.63, 3.8) is 0 Å². The quantitative estimate of drug-likeness (QED) is 0.621. The molecule has 31 heavy (non-hydrogen) atoms. The average Bonchev–Trinajstić information content (AvgIpc) is 3.52. The first-order valence-corrected chi connectivity index (χ1v) is 11.8. The number of hydrogen-bond acceptors (Lipinski definition) is 6. The summed E-state index contributed by atoms with van der Waals surface area (Å²) in [5.41, 5.74) is 0.996. The van der Waals surface area contributed by atoms with Gasteiger partial charge in [0.1, 0.15) is 17.2 Å². The highest BCUT2D eigenvalue weighted by Gasteiger charge is 2.21. The summed E-state index contributed by atoms with van der Waals surface area (Å²) in [5, 5.41) is 4.84. The van der Waals surface area contributed by atoms with Gasteiger partial charge in [-0.2, -0.15) is 0 Å². The minimum atomic E-state index is 0.444. The molecule has 0 atom stereocenters. The van der Waals surface area contributed by atoms with Crippen LogP contribution in [0.5, 0.6) is 0 Å².